The molecule has 1 unspecified atom stereocenters. The number of hydrogen-bond donors (Lipinski definition) is 0. The molecule has 0 N–H and O–H groups in total. The Morgan fingerprint density at radius 3 is 1.75 bits per heavy atom. The van der Waals surface area contributed by atoms with Crippen molar-refractivity contribution in [2.24, 2.45) is 5.92 Å². The van der Waals surface area contributed by atoms with E-state index in [-0.39, 0.29) is 27.0 Å². The van der Waals surface area contributed by atoms with Gasteiger partial charge in [0.05, 0.1) is 16.7 Å². The van der Waals surface area contributed by atoms with E-state index in [1.807, 2.05) is 24.4 Å². The maximum absolute atomic E-state index is 6.78. The number of pyridine rings is 1. The summed E-state index contributed by atoms with van der Waals surface area (Å²) in [6.07, 6.45) is 5.82. The summed E-state index contributed by atoms with van der Waals surface area (Å²) in [6, 6.07) is 83.8. The zero-order chi connectivity index (χ0) is 47.1. The zero-order valence-electron chi connectivity index (χ0n) is 39.5. The van der Waals surface area contributed by atoms with E-state index in [2.05, 4.69) is 253 Å². The molecule has 9 aromatic carbocycles. The number of rotatable bonds is 11. The average Bonchev–Trinajstić information content (AvgIpc) is 3.97. The van der Waals surface area contributed by atoms with E-state index in [0.717, 1.165) is 89.0 Å². The Morgan fingerprint density at radius 1 is 0.493 bits per heavy atom. The van der Waals surface area contributed by atoms with Crippen LogP contribution >= 0.6 is 0 Å². The van der Waals surface area contributed by atoms with Gasteiger partial charge in [0.2, 0.25) is 0 Å². The molecule has 71 heavy (non-hydrogen) atoms. The molecule has 0 saturated heterocycles. The maximum Gasteiger partial charge on any atom is 0.268 e. The van der Waals surface area contributed by atoms with Crippen LogP contribution in [0.25, 0.3) is 94.5 Å². The molecule has 0 bridgehead atoms. The summed E-state index contributed by atoms with van der Waals surface area (Å²) >= 11 is 0. The molecular weight excluding hydrogens is 1050 g/mol. The smallest absolute Gasteiger partial charge is 0.268 e. The first-order valence-electron chi connectivity index (χ1n) is 24.0. The second-order valence-electron chi connectivity index (χ2n) is 18.2. The van der Waals surface area contributed by atoms with E-state index >= 15 is 0 Å². The number of ether oxygens (including phenoxy) is 1. The second kappa shape index (κ2) is 19.4. The fourth-order valence-corrected chi connectivity index (χ4v) is 9.84. The Kier molecular flexibility index (Phi) is 12.4. The topological polar surface area (TPSA) is 35.9 Å². The molecular formula is C65H48N4OPt-2. The number of benzene rings is 9. The predicted octanol–water partition coefficient (Wildman–Crippen LogP) is 16.0. The molecule has 0 radical (unpaired) electrons. The molecule has 0 amide bonds. The van der Waals surface area contributed by atoms with Crippen molar-refractivity contribution in [2.75, 3.05) is 0 Å². The molecule has 0 spiro atoms. The Balaban J connectivity index is 0.00000547. The van der Waals surface area contributed by atoms with Crippen molar-refractivity contribution in [3.05, 3.63) is 249 Å². The Hall–Kier alpha value is -8.11. The van der Waals surface area contributed by atoms with Gasteiger partial charge in [-0.25, -0.2) is 4.98 Å². The molecule has 346 valence electrons. The van der Waals surface area contributed by atoms with Gasteiger partial charge in [-0.1, -0.05) is 202 Å². The minimum absolute atomic E-state index is 0. The molecule has 5 nitrogen and oxygen atoms in total. The van der Waals surface area contributed by atoms with Gasteiger partial charge in [-0.3, -0.25) is 4.57 Å². The van der Waals surface area contributed by atoms with Crippen LogP contribution in [0.15, 0.2) is 225 Å². The largest absolute Gasteiger partial charge is 0.510 e. The van der Waals surface area contributed by atoms with Crippen molar-refractivity contribution in [1.29, 1.82) is 0 Å². The summed E-state index contributed by atoms with van der Waals surface area (Å²) in [6.45, 7) is 6.89. The quantitative estimate of drug-likeness (QED) is 0.0956. The zero-order valence-corrected chi connectivity index (χ0v) is 41.8. The summed E-state index contributed by atoms with van der Waals surface area (Å²) in [5, 5.41) is 2.18. The van der Waals surface area contributed by atoms with Gasteiger partial charge in [0.15, 0.2) is 0 Å². The van der Waals surface area contributed by atoms with Crippen molar-refractivity contribution in [3.8, 4) is 73.2 Å². The third-order valence-electron chi connectivity index (χ3n) is 13.7. The first-order chi connectivity index (χ1) is 34.5. The first kappa shape index (κ1) is 45.3. The van der Waals surface area contributed by atoms with Crippen LogP contribution in [-0.2, 0) is 21.1 Å². The Morgan fingerprint density at radius 2 is 1.08 bits per heavy atom. The summed E-state index contributed by atoms with van der Waals surface area (Å²) in [7, 11) is 0. The van der Waals surface area contributed by atoms with Crippen molar-refractivity contribution in [2.45, 2.75) is 26.7 Å². The predicted molar refractivity (Wildman–Crippen MR) is 285 cm³/mol. The van der Waals surface area contributed by atoms with Gasteiger partial charge in [0.25, 0.3) is 6.33 Å². The van der Waals surface area contributed by atoms with Crippen LogP contribution in [0, 0.1) is 24.4 Å². The van der Waals surface area contributed by atoms with Crippen LogP contribution in [0.3, 0.4) is 0 Å². The van der Waals surface area contributed by atoms with E-state index in [9.17, 15) is 0 Å². The molecule has 12 aromatic rings. The van der Waals surface area contributed by atoms with Crippen molar-refractivity contribution >= 4 is 32.8 Å². The van der Waals surface area contributed by atoms with E-state index in [4.69, 9.17) is 9.72 Å². The van der Waals surface area contributed by atoms with Crippen molar-refractivity contribution in [1.82, 2.24) is 14.1 Å². The van der Waals surface area contributed by atoms with Crippen LogP contribution in [0.1, 0.15) is 32.3 Å². The van der Waals surface area contributed by atoms with Gasteiger partial charge in [0, 0.05) is 49.8 Å². The molecule has 0 aliphatic carbocycles. The fraction of sp³-hybridized carbons (Fsp3) is 0.0769. The van der Waals surface area contributed by atoms with Gasteiger partial charge < -0.3 is 13.9 Å². The fourth-order valence-electron chi connectivity index (χ4n) is 9.84. The molecule has 0 aliphatic heterocycles. The van der Waals surface area contributed by atoms with E-state index < -0.39 is 0 Å². The molecule has 0 saturated carbocycles. The number of para-hydroxylation sites is 3. The van der Waals surface area contributed by atoms with Crippen LogP contribution in [0.4, 0.5) is 0 Å². The van der Waals surface area contributed by atoms with Gasteiger partial charge >= 0.3 is 0 Å². The SMILES string of the molecule is CC(C)C(C)c1cc(-n2c3[c-]c(Oc4[c-]c(-n5[c-][n+](-c6c(-c7ccccc7)cccc6-c6ccccc6)c6ccccc65)ccc4)ccc3c3cc(-c4ccccc4)ccc32)ncc1-c1ccccc1.[Pt]. The van der Waals surface area contributed by atoms with Gasteiger partial charge in [0.1, 0.15) is 5.82 Å². The maximum atomic E-state index is 6.78. The molecule has 0 aliphatic rings. The third kappa shape index (κ3) is 8.47. The van der Waals surface area contributed by atoms with Crippen molar-refractivity contribution in [3.63, 3.8) is 0 Å². The average molecular weight is 1100 g/mol. The number of hydrogen-bond acceptors (Lipinski definition) is 2. The third-order valence-corrected chi connectivity index (χ3v) is 13.7. The molecule has 3 heterocycles. The van der Waals surface area contributed by atoms with Crippen LogP contribution < -0.4 is 9.30 Å². The number of aromatic nitrogens is 4. The summed E-state index contributed by atoms with van der Waals surface area (Å²) in [5.41, 5.74) is 16.1. The van der Waals surface area contributed by atoms with Gasteiger partial charge in [-0.15, -0.1) is 29.7 Å². The van der Waals surface area contributed by atoms with E-state index in [0.29, 0.717) is 17.4 Å². The first-order valence-corrected chi connectivity index (χ1v) is 24.0. The molecule has 6 heteroatoms. The van der Waals surface area contributed by atoms with Crippen LogP contribution in [0.5, 0.6) is 11.5 Å². The number of fused-ring (bicyclic) bond motifs is 4. The summed E-state index contributed by atoms with van der Waals surface area (Å²) in [5.74, 6) is 2.68. The Labute approximate surface area is 429 Å². The van der Waals surface area contributed by atoms with Crippen molar-refractivity contribution < 1.29 is 30.4 Å². The number of imidazole rings is 1. The van der Waals surface area contributed by atoms with Gasteiger partial charge in [-0.05, 0) is 79.5 Å². The minimum atomic E-state index is 0. The monoisotopic (exact) mass is 1100 g/mol. The normalized spacial score (nSPS) is 11.8. The van der Waals surface area contributed by atoms with E-state index in [1.165, 1.54) is 11.1 Å². The van der Waals surface area contributed by atoms with Crippen LogP contribution in [0.2, 0.25) is 0 Å². The molecule has 0 fully saturated rings. The Bertz CT molecular complexity index is 3790. The van der Waals surface area contributed by atoms with E-state index in [1.54, 1.807) is 0 Å². The number of nitrogens with zero attached hydrogens (tertiary/aromatic N) is 4. The summed E-state index contributed by atoms with van der Waals surface area (Å²) < 4.78 is 13.3. The second-order valence-corrected chi connectivity index (χ2v) is 18.2. The molecule has 3 aromatic heterocycles. The van der Waals surface area contributed by atoms with Gasteiger partial charge in [-0.2, -0.15) is 18.2 Å². The van der Waals surface area contributed by atoms with Crippen LogP contribution in [-0.4, -0.2) is 14.1 Å². The minimum Gasteiger partial charge on any atom is -0.510 e. The molecule has 12 rings (SSSR count). The summed E-state index contributed by atoms with van der Waals surface area (Å²) in [4.78, 5) is 5.22. The molecule has 1 atom stereocenters. The standard InChI is InChI=1S/C65H48N4O.Pt/c1-44(2)45(3)57-41-64(66-42-59(57)49-26-14-7-15-27-49)69-60-37-34-50(46-20-8-4-9-21-46)38-58(60)56-36-35-53(40-63(56)69)70-52-29-18-28-51(39-52)67-43-68(62-33-17-16-32-61(62)67)65-54(47-22-10-5-11-23-47)30-19-31-55(65)48-24-12-6-13-25-48;/h4-38,41-42,44-45H,1-3H3;/q-2;.